The summed E-state index contributed by atoms with van der Waals surface area (Å²) in [7, 11) is -0.306. The predicted molar refractivity (Wildman–Crippen MR) is 150 cm³/mol. The number of benzene rings is 2. The second kappa shape index (κ2) is 8.94. The minimum absolute atomic E-state index is 0.0152. The van der Waals surface area contributed by atoms with Crippen molar-refractivity contribution < 1.29 is 27.4 Å². The summed E-state index contributed by atoms with van der Waals surface area (Å²) in [5.41, 5.74) is 4.79. The van der Waals surface area contributed by atoms with Gasteiger partial charge in [-0.25, -0.2) is 9.28 Å². The summed E-state index contributed by atoms with van der Waals surface area (Å²) in [6.45, 7) is 5.49. The Hall–Kier alpha value is -3.14. The Morgan fingerprint density at radius 3 is 2.33 bits per heavy atom. The van der Waals surface area contributed by atoms with Crippen molar-refractivity contribution >= 4 is 45.1 Å². The molecule has 1 heterocycles. The number of nitrogens with one attached hydrogen (secondary N) is 1. The largest absolute Gasteiger partial charge is 0.341 e. The molecule has 6 rings (SSSR count). The summed E-state index contributed by atoms with van der Waals surface area (Å²) in [6.07, 6.45) is 4.10. The first-order chi connectivity index (χ1) is 18.1. The Balaban J connectivity index is 0.000000177. The minimum Gasteiger partial charge on any atom is -0.341 e. The quantitative estimate of drug-likeness (QED) is 0.431. The number of rotatable bonds is 3. The van der Waals surface area contributed by atoms with Gasteiger partial charge >= 0.3 is 5.91 Å². The number of carbonyl (C=O) groups is 3. The first kappa shape index (κ1) is 27.4. The van der Waals surface area contributed by atoms with Crippen LogP contribution in [0.1, 0.15) is 73.1 Å². The van der Waals surface area contributed by atoms with Crippen molar-refractivity contribution in [3.63, 3.8) is 0 Å². The molecule has 1 aliphatic heterocycles. The number of fused-ring (bicyclic) bond motifs is 7. The second-order valence-electron chi connectivity index (χ2n) is 12.2. The third-order valence-corrected chi connectivity index (χ3v) is 10.6. The molecule has 0 saturated heterocycles. The van der Waals surface area contributed by atoms with Gasteiger partial charge in [-0.05, 0) is 58.6 Å². The van der Waals surface area contributed by atoms with Gasteiger partial charge in [0.05, 0.1) is 38.2 Å². The van der Waals surface area contributed by atoms with Gasteiger partial charge in [0.15, 0.2) is 0 Å². The molecule has 2 amide bonds. The lowest BCUT2D eigenvalue weighted by Gasteiger charge is -2.35. The van der Waals surface area contributed by atoms with Crippen LogP contribution in [-0.4, -0.2) is 50.4 Å². The molecule has 9 heteroatoms. The second-order valence-corrected chi connectivity index (χ2v) is 13.7. The van der Waals surface area contributed by atoms with Crippen LogP contribution in [0.2, 0.25) is 0 Å². The highest BCUT2D eigenvalue weighted by atomic mass is 32.2. The minimum atomic E-state index is -4.08. The Kier molecular flexibility index (Phi) is 6.29. The van der Waals surface area contributed by atoms with Gasteiger partial charge in [-0.3, -0.25) is 14.1 Å². The van der Waals surface area contributed by atoms with Crippen LogP contribution in [0.4, 0.5) is 5.69 Å². The summed E-state index contributed by atoms with van der Waals surface area (Å²) >= 11 is 0. The van der Waals surface area contributed by atoms with Crippen molar-refractivity contribution in [2.45, 2.75) is 46.1 Å². The smallest absolute Gasteiger partial charge is 0.315 e. The molecule has 2 aromatic carbocycles. The standard InChI is InChI=1S/C20H18N2O2.C10H16O4S/c1-12(23)22(2,3)14-8-9-15-13(10-14)11-18-16-6-4-5-7-17(16)20(24)21-19(15)18;1-9(2)7-3-4-10(9,8(11)5-7)6-15(12,13)14/h4-11,19H,1-3H3;7H,3-6H2,1-2H3,(H,12,13,14)/p+1. The summed E-state index contributed by atoms with van der Waals surface area (Å²) < 4.78 is 31.2. The lowest BCUT2D eigenvalue weighted by molar-refractivity contribution is -0.128. The van der Waals surface area contributed by atoms with Crippen LogP contribution in [-0.2, 0) is 19.7 Å². The number of amides is 2. The fourth-order valence-electron chi connectivity index (χ4n) is 6.85. The van der Waals surface area contributed by atoms with Gasteiger partial charge in [0.1, 0.15) is 11.5 Å². The van der Waals surface area contributed by atoms with Crippen molar-refractivity contribution in [1.82, 2.24) is 9.80 Å². The van der Waals surface area contributed by atoms with E-state index in [0.29, 0.717) is 18.4 Å². The lowest BCUT2D eigenvalue weighted by Crippen LogP contribution is -2.44. The van der Waals surface area contributed by atoms with Gasteiger partial charge < -0.3 is 5.32 Å². The zero-order chi connectivity index (χ0) is 28.5. The van der Waals surface area contributed by atoms with Crippen molar-refractivity contribution in [2.75, 3.05) is 19.8 Å². The van der Waals surface area contributed by atoms with Crippen LogP contribution in [0.25, 0.3) is 11.6 Å². The Bertz CT molecular complexity index is 1550. The van der Waals surface area contributed by atoms with E-state index in [9.17, 15) is 22.8 Å². The van der Waals surface area contributed by atoms with E-state index in [2.05, 4.69) is 17.5 Å². The molecule has 0 radical (unpaired) electrons. The van der Waals surface area contributed by atoms with Crippen molar-refractivity contribution in [2.24, 2.45) is 16.7 Å². The topological polar surface area (TPSA) is 118 Å². The molecule has 0 spiro atoms. The Morgan fingerprint density at radius 1 is 1.10 bits per heavy atom. The number of quaternary nitrogens is 1. The van der Waals surface area contributed by atoms with E-state index in [4.69, 9.17) is 4.55 Å². The SMILES string of the molecule is CC(=O)[N+](C)(C)c1ccc2c(c1)C=C1c3ccccc3C(=O)NC12.CC1(C)C2CCC1(CS(=O)(=O)O)C(=O)C2. The Labute approximate surface area is 229 Å². The molecule has 8 nitrogen and oxygen atoms in total. The number of hydrogen-bond acceptors (Lipinski definition) is 5. The fourth-order valence-corrected chi connectivity index (χ4v) is 8.15. The number of nitrogens with zero attached hydrogens (tertiary/aromatic N) is 1. The molecule has 3 unspecified atom stereocenters. The van der Waals surface area contributed by atoms with E-state index in [1.165, 1.54) is 0 Å². The first-order valence-corrected chi connectivity index (χ1v) is 14.8. The molecule has 39 heavy (non-hydrogen) atoms. The summed E-state index contributed by atoms with van der Waals surface area (Å²) in [6, 6.07) is 13.6. The molecule has 3 aliphatic carbocycles. The molecule has 4 aliphatic rings. The van der Waals surface area contributed by atoms with Gasteiger partial charge in [-0.15, -0.1) is 0 Å². The molecule has 2 saturated carbocycles. The van der Waals surface area contributed by atoms with Crippen LogP contribution in [0.15, 0.2) is 42.5 Å². The van der Waals surface area contributed by atoms with Gasteiger partial charge in [0, 0.05) is 24.1 Å². The fraction of sp³-hybridized carbons (Fsp3) is 0.433. The van der Waals surface area contributed by atoms with Crippen molar-refractivity contribution in [1.29, 1.82) is 0 Å². The summed E-state index contributed by atoms with van der Waals surface area (Å²) in [4.78, 5) is 36.2. The molecule has 0 aromatic heterocycles. The summed E-state index contributed by atoms with van der Waals surface area (Å²) in [5.74, 6) is -0.0585. The van der Waals surface area contributed by atoms with E-state index in [1.54, 1.807) is 6.92 Å². The maximum atomic E-state index is 12.4. The van der Waals surface area contributed by atoms with Gasteiger partial charge in [0.25, 0.3) is 16.0 Å². The molecule has 206 valence electrons. The highest BCUT2D eigenvalue weighted by molar-refractivity contribution is 7.85. The zero-order valence-electron chi connectivity index (χ0n) is 22.9. The van der Waals surface area contributed by atoms with Gasteiger partial charge in [-0.1, -0.05) is 38.1 Å². The van der Waals surface area contributed by atoms with E-state index in [1.807, 2.05) is 64.3 Å². The van der Waals surface area contributed by atoms with Crippen LogP contribution in [0.3, 0.4) is 0 Å². The average Bonchev–Trinajstić information content (AvgIpc) is 3.39. The molecular weight excluding hydrogens is 516 g/mol. The monoisotopic (exact) mass is 551 g/mol. The first-order valence-electron chi connectivity index (χ1n) is 13.2. The molecule has 2 aromatic rings. The molecule has 2 fully saturated rings. The van der Waals surface area contributed by atoms with Gasteiger partial charge in [-0.2, -0.15) is 8.42 Å². The third kappa shape index (κ3) is 4.27. The lowest BCUT2D eigenvalue weighted by atomic mass is 9.70. The number of carbonyl (C=O) groups excluding carboxylic acids is 3. The normalized spacial score (nSPS) is 26.1. The number of ketones is 1. The van der Waals surface area contributed by atoms with E-state index >= 15 is 0 Å². The average molecular weight is 552 g/mol. The van der Waals surface area contributed by atoms with E-state index in [-0.39, 0.29) is 39.5 Å². The molecular formula is C30H35N2O6S+. The van der Waals surface area contributed by atoms with Crippen LogP contribution in [0, 0.1) is 16.7 Å². The van der Waals surface area contributed by atoms with E-state index < -0.39 is 21.3 Å². The van der Waals surface area contributed by atoms with Crippen molar-refractivity contribution in [3.8, 4) is 0 Å². The van der Waals surface area contributed by atoms with E-state index in [0.717, 1.165) is 34.4 Å². The van der Waals surface area contributed by atoms with Crippen LogP contribution < -0.4 is 9.80 Å². The number of hydrogen-bond donors (Lipinski definition) is 2. The summed E-state index contributed by atoms with van der Waals surface area (Å²) in [5, 5.41) is 3.09. The number of Topliss-reactive ketones (excluding diaryl/α,β-unsaturated/α-hetero) is 1. The highest BCUT2D eigenvalue weighted by Crippen LogP contribution is 2.64. The molecule has 2 bridgehead atoms. The Morgan fingerprint density at radius 2 is 1.77 bits per heavy atom. The van der Waals surface area contributed by atoms with Crippen LogP contribution in [0.5, 0.6) is 0 Å². The van der Waals surface area contributed by atoms with Gasteiger partial charge in [0.2, 0.25) is 0 Å². The zero-order valence-corrected chi connectivity index (χ0v) is 23.8. The predicted octanol–water partition coefficient (Wildman–Crippen LogP) is 4.41. The van der Waals surface area contributed by atoms with Crippen molar-refractivity contribution in [3.05, 3.63) is 64.7 Å². The maximum Gasteiger partial charge on any atom is 0.315 e. The maximum absolute atomic E-state index is 12.4. The van der Waals surface area contributed by atoms with Crippen LogP contribution >= 0.6 is 0 Å². The molecule has 3 atom stereocenters. The highest BCUT2D eigenvalue weighted by Gasteiger charge is 2.65. The molecule has 2 N–H and O–H groups in total. The third-order valence-electron chi connectivity index (χ3n) is 9.76.